The van der Waals surface area contributed by atoms with Gasteiger partial charge in [0.05, 0.1) is 23.0 Å². The quantitative estimate of drug-likeness (QED) is 0.227. The molecule has 0 aliphatic carbocycles. The molecule has 1 heterocycles. The smallest absolute Gasteiger partial charge is 0.250 e. The van der Waals surface area contributed by atoms with Gasteiger partial charge in [-0.2, -0.15) is 5.10 Å². The van der Waals surface area contributed by atoms with E-state index in [2.05, 4.69) is 27.0 Å². The summed E-state index contributed by atoms with van der Waals surface area (Å²) in [6, 6.07) is 25.6. The number of aryl methyl sites for hydroxylation is 1. The number of fused-ring (bicyclic) bond motifs is 1. The van der Waals surface area contributed by atoms with Gasteiger partial charge in [-0.05, 0) is 42.3 Å². The maximum Gasteiger partial charge on any atom is 0.250 e. The first kappa shape index (κ1) is 21.6. The Kier molecular flexibility index (Phi) is 7.19. The van der Waals surface area contributed by atoms with E-state index in [0.717, 1.165) is 39.6 Å². The molecule has 0 radical (unpaired) electrons. The third-order valence-electron chi connectivity index (χ3n) is 4.78. The van der Waals surface area contributed by atoms with E-state index in [4.69, 9.17) is 4.74 Å². The summed E-state index contributed by atoms with van der Waals surface area (Å²) >= 11 is 1.40. The molecule has 0 bridgehead atoms. The van der Waals surface area contributed by atoms with Crippen molar-refractivity contribution in [3.63, 3.8) is 0 Å². The second kappa shape index (κ2) is 10.6. The number of imidazole rings is 1. The molecule has 0 unspecified atom stereocenters. The molecule has 1 N–H and O–H groups in total. The lowest BCUT2D eigenvalue weighted by Gasteiger charge is -2.07. The van der Waals surface area contributed by atoms with Crippen LogP contribution in [0.3, 0.4) is 0 Å². The van der Waals surface area contributed by atoms with E-state index in [0.29, 0.717) is 6.61 Å². The van der Waals surface area contributed by atoms with Gasteiger partial charge in [0.2, 0.25) is 0 Å². The molecule has 1 amide bonds. The van der Waals surface area contributed by atoms with Gasteiger partial charge in [0.25, 0.3) is 5.91 Å². The van der Waals surface area contributed by atoms with E-state index in [9.17, 15) is 4.79 Å². The predicted molar refractivity (Wildman–Crippen MR) is 129 cm³/mol. The first-order chi connectivity index (χ1) is 15.7. The average Bonchev–Trinajstić information content (AvgIpc) is 3.20. The van der Waals surface area contributed by atoms with Crippen molar-refractivity contribution in [1.29, 1.82) is 0 Å². The van der Waals surface area contributed by atoms with E-state index in [-0.39, 0.29) is 11.7 Å². The number of rotatable bonds is 9. The van der Waals surface area contributed by atoms with Crippen LogP contribution < -0.4 is 10.2 Å². The summed E-state index contributed by atoms with van der Waals surface area (Å²) in [6.07, 6.45) is 1.61. The number of thioether (sulfide) groups is 1. The number of benzene rings is 3. The Hall–Kier alpha value is -3.58. The van der Waals surface area contributed by atoms with Crippen LogP contribution in [0.4, 0.5) is 0 Å². The van der Waals surface area contributed by atoms with Gasteiger partial charge in [0.15, 0.2) is 5.16 Å². The molecule has 0 saturated carbocycles. The summed E-state index contributed by atoms with van der Waals surface area (Å²) in [5, 5.41) is 4.91. The number of ether oxygens (including phenoxy) is 1. The first-order valence-electron chi connectivity index (χ1n) is 10.4. The lowest BCUT2D eigenvalue weighted by Crippen LogP contribution is -2.20. The van der Waals surface area contributed by atoms with Gasteiger partial charge in [-0.3, -0.25) is 4.79 Å². The highest BCUT2D eigenvalue weighted by Crippen LogP contribution is 2.23. The monoisotopic (exact) mass is 444 g/mol. The van der Waals surface area contributed by atoms with Crippen molar-refractivity contribution in [2.75, 3.05) is 5.75 Å². The van der Waals surface area contributed by atoms with Crippen molar-refractivity contribution in [2.24, 2.45) is 5.10 Å². The molecule has 0 aliphatic heterocycles. The lowest BCUT2D eigenvalue weighted by atomic mass is 10.2. The lowest BCUT2D eigenvalue weighted by molar-refractivity contribution is -0.118. The minimum Gasteiger partial charge on any atom is -0.489 e. The highest BCUT2D eigenvalue weighted by Gasteiger charge is 2.11. The molecule has 0 spiro atoms. The van der Waals surface area contributed by atoms with Gasteiger partial charge in [-0.15, -0.1) is 0 Å². The SMILES string of the molecule is CCn1c(SCC(=O)N/N=C\c2cccc(OCc3ccccc3)c2)nc2ccccc21. The number of nitrogens with one attached hydrogen (secondary N) is 1. The molecular formula is C25H24N4O2S. The first-order valence-corrected chi connectivity index (χ1v) is 11.4. The number of para-hydroxylation sites is 2. The van der Waals surface area contributed by atoms with Gasteiger partial charge < -0.3 is 9.30 Å². The van der Waals surface area contributed by atoms with Crippen molar-refractivity contribution in [2.45, 2.75) is 25.2 Å². The number of amides is 1. The van der Waals surface area contributed by atoms with Gasteiger partial charge >= 0.3 is 0 Å². The van der Waals surface area contributed by atoms with Crippen LogP contribution in [0.1, 0.15) is 18.1 Å². The van der Waals surface area contributed by atoms with E-state index >= 15 is 0 Å². The van der Waals surface area contributed by atoms with Crippen LogP contribution >= 0.6 is 11.8 Å². The fourth-order valence-corrected chi connectivity index (χ4v) is 4.11. The van der Waals surface area contributed by atoms with Gasteiger partial charge in [0, 0.05) is 6.54 Å². The normalized spacial score (nSPS) is 11.2. The second-order valence-corrected chi connectivity index (χ2v) is 8.00. The molecule has 6 nitrogen and oxygen atoms in total. The molecule has 0 fully saturated rings. The Bertz CT molecular complexity index is 1220. The molecule has 3 aromatic carbocycles. The van der Waals surface area contributed by atoms with Crippen LogP contribution in [0.25, 0.3) is 11.0 Å². The number of hydrogen-bond acceptors (Lipinski definition) is 5. The average molecular weight is 445 g/mol. The number of carbonyl (C=O) groups excluding carboxylic acids is 1. The third kappa shape index (κ3) is 5.56. The molecular weight excluding hydrogens is 420 g/mol. The minimum absolute atomic E-state index is 0.183. The van der Waals surface area contributed by atoms with Crippen molar-refractivity contribution >= 4 is 34.9 Å². The zero-order valence-corrected chi connectivity index (χ0v) is 18.6. The fraction of sp³-hybridized carbons (Fsp3) is 0.160. The number of hydrazone groups is 1. The van der Waals surface area contributed by atoms with Crippen LogP contribution in [-0.2, 0) is 17.9 Å². The van der Waals surface area contributed by atoms with E-state index in [1.54, 1.807) is 6.21 Å². The largest absolute Gasteiger partial charge is 0.489 e. The van der Waals surface area contributed by atoms with Crippen molar-refractivity contribution in [1.82, 2.24) is 15.0 Å². The Morgan fingerprint density at radius 2 is 1.91 bits per heavy atom. The standard InChI is InChI=1S/C25H24N4O2S/c1-2-29-23-14-7-6-13-22(23)27-25(29)32-18-24(30)28-26-16-20-11-8-12-21(15-20)31-17-19-9-4-3-5-10-19/h3-16H,2,17-18H2,1H3,(H,28,30)/b26-16-. The van der Waals surface area contributed by atoms with Crippen molar-refractivity contribution in [3.05, 3.63) is 90.0 Å². The van der Waals surface area contributed by atoms with Crippen molar-refractivity contribution in [3.8, 4) is 5.75 Å². The van der Waals surface area contributed by atoms with Crippen molar-refractivity contribution < 1.29 is 9.53 Å². The second-order valence-electron chi connectivity index (χ2n) is 7.06. The van der Waals surface area contributed by atoms with Crippen LogP contribution in [0, 0.1) is 0 Å². The van der Waals surface area contributed by atoms with Gasteiger partial charge in [0.1, 0.15) is 12.4 Å². The summed E-state index contributed by atoms with van der Waals surface area (Å²) < 4.78 is 7.94. The summed E-state index contributed by atoms with van der Waals surface area (Å²) in [7, 11) is 0. The zero-order chi connectivity index (χ0) is 22.2. The van der Waals surface area contributed by atoms with Crippen LogP contribution in [0.15, 0.2) is 89.1 Å². The van der Waals surface area contributed by atoms with Gasteiger partial charge in [-0.25, -0.2) is 10.4 Å². The van der Waals surface area contributed by atoms with E-state index < -0.39 is 0 Å². The topological polar surface area (TPSA) is 68.5 Å². The fourth-order valence-electron chi connectivity index (χ4n) is 3.24. The molecule has 1 aromatic heterocycles. The molecule has 0 atom stereocenters. The molecule has 4 rings (SSSR count). The zero-order valence-electron chi connectivity index (χ0n) is 17.8. The third-order valence-corrected chi connectivity index (χ3v) is 5.75. The summed E-state index contributed by atoms with van der Waals surface area (Å²) in [5.74, 6) is 0.802. The highest BCUT2D eigenvalue weighted by atomic mass is 32.2. The molecule has 0 saturated heterocycles. The molecule has 4 aromatic rings. The summed E-state index contributed by atoms with van der Waals surface area (Å²) in [6.45, 7) is 3.36. The van der Waals surface area contributed by atoms with E-state index in [1.165, 1.54) is 11.8 Å². The maximum absolute atomic E-state index is 12.2. The van der Waals surface area contributed by atoms with Crippen LogP contribution in [0.5, 0.6) is 5.75 Å². The summed E-state index contributed by atoms with van der Waals surface area (Å²) in [5.41, 5.74) is 6.54. The minimum atomic E-state index is -0.183. The Labute approximate surface area is 191 Å². The molecule has 7 heteroatoms. The van der Waals surface area contributed by atoms with E-state index in [1.807, 2.05) is 78.9 Å². The highest BCUT2D eigenvalue weighted by molar-refractivity contribution is 7.99. The maximum atomic E-state index is 12.2. The Morgan fingerprint density at radius 3 is 2.75 bits per heavy atom. The van der Waals surface area contributed by atoms with Crippen LogP contribution in [-0.4, -0.2) is 27.4 Å². The van der Waals surface area contributed by atoms with Gasteiger partial charge in [-0.1, -0.05) is 66.4 Å². The number of hydrogen-bond donors (Lipinski definition) is 1. The molecule has 162 valence electrons. The number of aromatic nitrogens is 2. The Morgan fingerprint density at radius 1 is 1.09 bits per heavy atom. The Balaban J connectivity index is 1.29. The molecule has 0 aliphatic rings. The predicted octanol–water partition coefficient (Wildman–Crippen LogP) is 4.88. The number of carbonyl (C=O) groups is 1. The number of nitrogens with zero attached hydrogens (tertiary/aromatic N) is 3. The van der Waals surface area contributed by atoms with Crippen LogP contribution in [0.2, 0.25) is 0 Å². The summed E-state index contributed by atoms with van der Waals surface area (Å²) in [4.78, 5) is 16.9. The molecule has 32 heavy (non-hydrogen) atoms.